The van der Waals surface area contributed by atoms with Crippen LogP contribution >= 0.6 is 22.9 Å². The molecule has 0 radical (unpaired) electrons. The highest BCUT2D eigenvalue weighted by atomic mass is 35.5. The highest BCUT2D eigenvalue weighted by Crippen LogP contribution is 2.27. The molecule has 0 spiro atoms. The maximum absolute atomic E-state index is 12.6. The summed E-state index contributed by atoms with van der Waals surface area (Å²) in [7, 11) is 3.66. The zero-order valence-corrected chi connectivity index (χ0v) is 16.5. The lowest BCUT2D eigenvalue weighted by molar-refractivity contribution is 0.0786. The first-order chi connectivity index (χ1) is 12.4. The summed E-state index contributed by atoms with van der Waals surface area (Å²) in [5, 5.41) is 6.65. The second-order valence-corrected chi connectivity index (χ2v) is 7.47. The molecule has 2 heterocycles. The minimum absolute atomic E-state index is 0.0176. The van der Waals surface area contributed by atoms with E-state index in [9.17, 15) is 4.79 Å². The molecule has 3 aromatic rings. The number of hydrogen-bond acceptors (Lipinski definition) is 4. The van der Waals surface area contributed by atoms with Crippen LogP contribution in [-0.2, 0) is 20.2 Å². The lowest BCUT2D eigenvalue weighted by atomic mass is 10.2. The number of amides is 1. The average Bonchev–Trinajstić information content (AvgIpc) is 3.24. The molecule has 0 aliphatic carbocycles. The van der Waals surface area contributed by atoms with Gasteiger partial charge in [0.1, 0.15) is 12.4 Å². The molecular weight excluding hydrogens is 370 g/mol. The van der Waals surface area contributed by atoms with Gasteiger partial charge >= 0.3 is 0 Å². The molecule has 1 aromatic carbocycles. The topological polar surface area (TPSA) is 47.4 Å². The van der Waals surface area contributed by atoms with Gasteiger partial charge < -0.3 is 9.64 Å². The van der Waals surface area contributed by atoms with Crippen molar-refractivity contribution < 1.29 is 9.53 Å². The molecule has 0 aliphatic heterocycles. The van der Waals surface area contributed by atoms with Crippen LogP contribution in [0.1, 0.15) is 26.5 Å². The Labute approximate surface area is 161 Å². The van der Waals surface area contributed by atoms with Crippen LogP contribution in [0.5, 0.6) is 5.75 Å². The Hall–Kier alpha value is -2.31. The molecule has 5 nitrogen and oxygen atoms in total. The Morgan fingerprint density at radius 3 is 2.88 bits per heavy atom. The van der Waals surface area contributed by atoms with E-state index in [-0.39, 0.29) is 5.91 Å². The summed E-state index contributed by atoms with van der Waals surface area (Å²) in [4.78, 5) is 15.0. The van der Waals surface area contributed by atoms with Gasteiger partial charge in [0.2, 0.25) is 0 Å². The SMILES string of the molecule is Cc1ccc(Cl)c(OCc2csc(C(=O)N(C)Cc3ccnn3C)c2)c1. The molecule has 7 heteroatoms. The van der Waals surface area contributed by atoms with Gasteiger partial charge in [0, 0.05) is 25.9 Å². The molecule has 0 aliphatic rings. The van der Waals surface area contributed by atoms with Gasteiger partial charge in [-0.25, -0.2) is 0 Å². The lowest BCUT2D eigenvalue weighted by Crippen LogP contribution is -2.26. The summed E-state index contributed by atoms with van der Waals surface area (Å²) in [6.45, 7) is 2.87. The van der Waals surface area contributed by atoms with E-state index in [1.54, 1.807) is 22.8 Å². The van der Waals surface area contributed by atoms with Crippen LogP contribution in [0.2, 0.25) is 5.02 Å². The van der Waals surface area contributed by atoms with Crippen molar-refractivity contribution in [3.8, 4) is 5.75 Å². The summed E-state index contributed by atoms with van der Waals surface area (Å²) in [6, 6.07) is 9.44. The zero-order chi connectivity index (χ0) is 18.7. The third-order valence-corrected chi connectivity index (χ3v) is 5.29. The van der Waals surface area contributed by atoms with Gasteiger partial charge in [-0.15, -0.1) is 11.3 Å². The molecule has 3 rings (SSSR count). The summed E-state index contributed by atoms with van der Waals surface area (Å²) in [5.41, 5.74) is 3.02. The van der Waals surface area contributed by atoms with E-state index in [0.717, 1.165) is 16.8 Å². The third kappa shape index (κ3) is 4.26. The van der Waals surface area contributed by atoms with Crippen molar-refractivity contribution in [2.75, 3.05) is 7.05 Å². The van der Waals surface area contributed by atoms with E-state index in [0.29, 0.717) is 28.8 Å². The largest absolute Gasteiger partial charge is 0.487 e. The van der Waals surface area contributed by atoms with Crippen LogP contribution in [0.25, 0.3) is 0 Å². The van der Waals surface area contributed by atoms with Crippen molar-refractivity contribution in [1.29, 1.82) is 0 Å². The van der Waals surface area contributed by atoms with Crippen molar-refractivity contribution in [1.82, 2.24) is 14.7 Å². The van der Waals surface area contributed by atoms with Crippen molar-refractivity contribution in [3.63, 3.8) is 0 Å². The molecule has 0 N–H and O–H groups in total. The van der Waals surface area contributed by atoms with Gasteiger partial charge in [-0.05, 0) is 42.1 Å². The van der Waals surface area contributed by atoms with Crippen LogP contribution in [0.4, 0.5) is 0 Å². The molecular formula is C19H20ClN3O2S. The van der Waals surface area contributed by atoms with Crippen molar-refractivity contribution in [2.45, 2.75) is 20.1 Å². The number of aryl methyl sites for hydroxylation is 2. The maximum Gasteiger partial charge on any atom is 0.264 e. The monoisotopic (exact) mass is 389 g/mol. The Morgan fingerprint density at radius 2 is 2.15 bits per heavy atom. The summed E-state index contributed by atoms with van der Waals surface area (Å²) >= 11 is 7.57. The van der Waals surface area contributed by atoms with Crippen LogP contribution < -0.4 is 4.74 Å². The molecule has 1 amide bonds. The Kier molecular flexibility index (Phi) is 5.64. The third-order valence-electron chi connectivity index (χ3n) is 4.01. The predicted octanol–water partition coefficient (Wildman–Crippen LogP) is 4.29. The van der Waals surface area contributed by atoms with Gasteiger partial charge in [-0.2, -0.15) is 5.10 Å². The van der Waals surface area contributed by atoms with Crippen molar-refractivity contribution in [2.24, 2.45) is 7.05 Å². The number of nitrogens with zero attached hydrogens (tertiary/aromatic N) is 3. The Bertz CT molecular complexity index is 919. The first kappa shape index (κ1) is 18.5. The number of halogens is 1. The van der Waals surface area contributed by atoms with Crippen molar-refractivity contribution >= 4 is 28.8 Å². The zero-order valence-electron chi connectivity index (χ0n) is 14.9. The van der Waals surface area contributed by atoms with Crippen molar-refractivity contribution in [3.05, 3.63) is 68.6 Å². The summed E-state index contributed by atoms with van der Waals surface area (Å²) in [5.74, 6) is 0.634. The predicted molar refractivity (Wildman–Crippen MR) is 104 cm³/mol. The normalized spacial score (nSPS) is 10.8. The van der Waals surface area contributed by atoms with E-state index in [1.165, 1.54) is 11.3 Å². The fraction of sp³-hybridized carbons (Fsp3) is 0.263. The second-order valence-electron chi connectivity index (χ2n) is 6.15. The second kappa shape index (κ2) is 7.93. The minimum Gasteiger partial charge on any atom is -0.487 e. The first-order valence-electron chi connectivity index (χ1n) is 8.12. The Balaban J connectivity index is 1.62. The molecule has 26 heavy (non-hydrogen) atoms. The van der Waals surface area contributed by atoms with E-state index < -0.39 is 0 Å². The van der Waals surface area contributed by atoms with E-state index in [4.69, 9.17) is 16.3 Å². The van der Waals surface area contributed by atoms with E-state index in [1.807, 2.05) is 49.7 Å². The van der Waals surface area contributed by atoms with Crippen LogP contribution in [0, 0.1) is 6.92 Å². The van der Waals surface area contributed by atoms with E-state index >= 15 is 0 Å². The molecule has 0 unspecified atom stereocenters. The number of ether oxygens (including phenoxy) is 1. The van der Waals surface area contributed by atoms with Gasteiger partial charge in [0.25, 0.3) is 5.91 Å². The molecule has 0 atom stereocenters. The highest BCUT2D eigenvalue weighted by molar-refractivity contribution is 7.12. The minimum atomic E-state index is -0.0176. The number of carbonyl (C=O) groups is 1. The van der Waals surface area contributed by atoms with Gasteiger partial charge in [0.05, 0.1) is 22.1 Å². The van der Waals surface area contributed by atoms with E-state index in [2.05, 4.69) is 5.10 Å². The quantitative estimate of drug-likeness (QED) is 0.631. The molecule has 2 aromatic heterocycles. The maximum atomic E-state index is 12.6. The van der Waals surface area contributed by atoms with Gasteiger partial charge in [-0.1, -0.05) is 17.7 Å². The number of carbonyl (C=O) groups excluding carboxylic acids is 1. The number of benzene rings is 1. The van der Waals surface area contributed by atoms with Crippen LogP contribution in [0.3, 0.4) is 0 Å². The smallest absolute Gasteiger partial charge is 0.264 e. The number of aromatic nitrogens is 2. The average molecular weight is 390 g/mol. The molecule has 0 fully saturated rings. The molecule has 0 saturated heterocycles. The summed E-state index contributed by atoms with van der Waals surface area (Å²) < 4.78 is 7.56. The van der Waals surface area contributed by atoms with Crippen LogP contribution in [0.15, 0.2) is 41.9 Å². The molecule has 136 valence electrons. The van der Waals surface area contributed by atoms with Gasteiger partial charge in [0.15, 0.2) is 0 Å². The first-order valence-corrected chi connectivity index (χ1v) is 9.38. The standard InChI is InChI=1S/C19H20ClN3O2S/c1-13-4-5-16(20)17(8-13)25-11-14-9-18(26-12-14)19(24)22(2)10-15-6-7-21-23(15)3/h4-9,12H,10-11H2,1-3H3. The highest BCUT2D eigenvalue weighted by Gasteiger charge is 2.16. The number of thiophene rings is 1. The Morgan fingerprint density at radius 1 is 1.35 bits per heavy atom. The number of rotatable bonds is 6. The van der Waals surface area contributed by atoms with Crippen LogP contribution in [-0.4, -0.2) is 27.6 Å². The fourth-order valence-electron chi connectivity index (χ4n) is 2.51. The summed E-state index contributed by atoms with van der Waals surface area (Å²) in [6.07, 6.45) is 1.73. The number of hydrogen-bond donors (Lipinski definition) is 0. The molecule has 0 saturated carbocycles. The van der Waals surface area contributed by atoms with Gasteiger partial charge in [-0.3, -0.25) is 9.48 Å². The lowest BCUT2D eigenvalue weighted by Gasteiger charge is -2.16. The molecule has 0 bridgehead atoms. The fourth-order valence-corrected chi connectivity index (χ4v) is 3.57.